The summed E-state index contributed by atoms with van der Waals surface area (Å²) in [6.07, 6.45) is 0.784. The number of para-hydroxylation sites is 1. The third-order valence-corrected chi connectivity index (χ3v) is 4.62. The number of hydrogen-bond donors (Lipinski definition) is 1. The Hall–Kier alpha value is -2.20. The zero-order valence-electron chi connectivity index (χ0n) is 16.4. The molecule has 0 aliphatic carbocycles. The first-order chi connectivity index (χ1) is 12.9. The number of benzene rings is 2. The molecule has 5 heteroatoms. The minimum absolute atomic E-state index is 0.0905. The molecular formula is C22H28ClNO3. The minimum Gasteiger partial charge on any atom is -0.497 e. The van der Waals surface area contributed by atoms with Gasteiger partial charge in [0.25, 0.3) is 5.91 Å². The number of carbonyl (C=O) groups excluding carboxylic acids is 1. The van der Waals surface area contributed by atoms with Gasteiger partial charge in [-0.3, -0.25) is 4.79 Å². The van der Waals surface area contributed by atoms with Crippen LogP contribution in [0.3, 0.4) is 0 Å². The highest BCUT2D eigenvalue weighted by molar-refractivity contribution is 6.32. The Morgan fingerprint density at radius 2 is 1.78 bits per heavy atom. The Kier molecular flexibility index (Phi) is 7.99. The number of rotatable bonds is 9. The van der Waals surface area contributed by atoms with Crippen LogP contribution in [0.4, 0.5) is 0 Å². The monoisotopic (exact) mass is 389 g/mol. The fourth-order valence-corrected chi connectivity index (χ4v) is 3.05. The van der Waals surface area contributed by atoms with Gasteiger partial charge in [0.1, 0.15) is 11.5 Å². The maximum absolute atomic E-state index is 12.9. The molecule has 2 aromatic rings. The van der Waals surface area contributed by atoms with Crippen molar-refractivity contribution in [3.63, 3.8) is 0 Å². The number of carbonyl (C=O) groups is 1. The predicted molar refractivity (Wildman–Crippen MR) is 109 cm³/mol. The van der Waals surface area contributed by atoms with Crippen LogP contribution in [0.2, 0.25) is 5.02 Å². The lowest BCUT2D eigenvalue weighted by molar-refractivity contribution is -0.129. The summed E-state index contributed by atoms with van der Waals surface area (Å²) in [5.74, 6) is 1.61. The second kappa shape index (κ2) is 10.2. The Morgan fingerprint density at radius 3 is 2.33 bits per heavy atom. The largest absolute Gasteiger partial charge is 0.497 e. The van der Waals surface area contributed by atoms with Crippen molar-refractivity contribution in [3.05, 3.63) is 59.1 Å². The van der Waals surface area contributed by atoms with Gasteiger partial charge in [-0.25, -0.2) is 0 Å². The molecule has 0 unspecified atom stereocenters. The van der Waals surface area contributed by atoms with Crippen LogP contribution in [-0.4, -0.2) is 19.1 Å². The Morgan fingerprint density at radius 1 is 1.11 bits per heavy atom. The van der Waals surface area contributed by atoms with Crippen molar-refractivity contribution in [2.45, 2.75) is 45.8 Å². The highest BCUT2D eigenvalue weighted by Gasteiger charge is 2.24. The molecule has 1 amide bonds. The third-order valence-electron chi connectivity index (χ3n) is 4.31. The summed E-state index contributed by atoms with van der Waals surface area (Å²) in [5.41, 5.74) is 1.05. The second-order valence-electron chi connectivity index (χ2n) is 6.91. The van der Waals surface area contributed by atoms with Crippen molar-refractivity contribution in [1.82, 2.24) is 5.32 Å². The summed E-state index contributed by atoms with van der Waals surface area (Å²) in [4.78, 5) is 12.9. The second-order valence-corrected chi connectivity index (χ2v) is 7.32. The summed E-state index contributed by atoms with van der Waals surface area (Å²) in [6, 6.07) is 14.9. The molecule has 0 bridgehead atoms. The van der Waals surface area contributed by atoms with Crippen LogP contribution in [0.1, 0.15) is 45.2 Å². The summed E-state index contributed by atoms with van der Waals surface area (Å²) >= 11 is 6.16. The minimum atomic E-state index is -0.599. The van der Waals surface area contributed by atoms with E-state index in [1.807, 2.05) is 43.3 Å². The van der Waals surface area contributed by atoms with Crippen molar-refractivity contribution >= 4 is 17.5 Å². The molecule has 0 saturated heterocycles. The molecule has 0 spiro atoms. The van der Waals surface area contributed by atoms with E-state index < -0.39 is 6.10 Å². The van der Waals surface area contributed by atoms with Crippen molar-refractivity contribution in [2.24, 2.45) is 5.92 Å². The van der Waals surface area contributed by atoms with Gasteiger partial charge in [0.05, 0.1) is 18.2 Å². The van der Waals surface area contributed by atoms with E-state index in [-0.39, 0.29) is 11.9 Å². The fourth-order valence-electron chi connectivity index (χ4n) is 2.87. The quantitative estimate of drug-likeness (QED) is 0.623. The highest BCUT2D eigenvalue weighted by Crippen LogP contribution is 2.26. The van der Waals surface area contributed by atoms with E-state index in [9.17, 15) is 4.79 Å². The topological polar surface area (TPSA) is 47.6 Å². The summed E-state index contributed by atoms with van der Waals surface area (Å²) in [6.45, 7) is 6.20. The summed E-state index contributed by atoms with van der Waals surface area (Å²) in [5, 5.41) is 3.64. The van der Waals surface area contributed by atoms with Crippen LogP contribution in [0, 0.1) is 5.92 Å². The molecule has 0 aliphatic rings. The molecule has 0 heterocycles. The number of nitrogens with one attached hydrogen (secondary N) is 1. The molecule has 0 saturated carbocycles. The van der Waals surface area contributed by atoms with E-state index in [1.54, 1.807) is 19.2 Å². The third kappa shape index (κ3) is 6.17. The molecule has 146 valence electrons. The Balaban J connectivity index is 2.13. The first-order valence-electron chi connectivity index (χ1n) is 9.30. The van der Waals surface area contributed by atoms with Gasteiger partial charge in [-0.2, -0.15) is 0 Å². The Bertz CT molecular complexity index is 731. The predicted octanol–water partition coefficient (Wildman–Crippen LogP) is 5.41. The average Bonchev–Trinajstić information content (AvgIpc) is 2.66. The molecule has 2 rings (SSSR count). The molecule has 27 heavy (non-hydrogen) atoms. The number of methoxy groups -OCH3 is 1. The summed E-state index contributed by atoms with van der Waals surface area (Å²) < 4.78 is 11.1. The van der Waals surface area contributed by atoms with Gasteiger partial charge in [0.15, 0.2) is 6.10 Å². The number of amides is 1. The van der Waals surface area contributed by atoms with Crippen LogP contribution >= 0.6 is 11.6 Å². The number of ether oxygens (including phenoxy) is 2. The smallest absolute Gasteiger partial charge is 0.261 e. The van der Waals surface area contributed by atoms with Crippen molar-refractivity contribution in [1.29, 1.82) is 0 Å². The lowest BCUT2D eigenvalue weighted by Crippen LogP contribution is -2.40. The number of hydrogen-bond acceptors (Lipinski definition) is 3. The molecule has 2 atom stereocenters. The molecule has 2 aromatic carbocycles. The zero-order chi connectivity index (χ0) is 19.8. The Labute approximate surface area is 166 Å². The lowest BCUT2D eigenvalue weighted by atomic mass is 9.96. The van der Waals surface area contributed by atoms with Gasteiger partial charge in [-0.15, -0.1) is 0 Å². The van der Waals surface area contributed by atoms with E-state index in [0.717, 1.165) is 17.7 Å². The first kappa shape index (κ1) is 21.1. The van der Waals surface area contributed by atoms with Crippen LogP contribution in [0.25, 0.3) is 0 Å². The SMILES string of the molecule is CC[C@H](Oc1ccccc1Cl)C(=O)N[C@H](CC(C)C)c1ccc(OC)cc1. The van der Waals surface area contributed by atoms with E-state index in [4.69, 9.17) is 21.1 Å². The normalized spacial score (nSPS) is 13.1. The van der Waals surface area contributed by atoms with Gasteiger partial charge in [0, 0.05) is 0 Å². The average molecular weight is 390 g/mol. The first-order valence-corrected chi connectivity index (χ1v) is 9.67. The fraction of sp³-hybridized carbons (Fsp3) is 0.409. The van der Waals surface area contributed by atoms with E-state index in [1.165, 1.54) is 0 Å². The van der Waals surface area contributed by atoms with Crippen LogP contribution in [-0.2, 0) is 4.79 Å². The van der Waals surface area contributed by atoms with Crippen LogP contribution in [0.5, 0.6) is 11.5 Å². The molecular weight excluding hydrogens is 362 g/mol. The zero-order valence-corrected chi connectivity index (χ0v) is 17.1. The summed E-state index contributed by atoms with van der Waals surface area (Å²) in [7, 11) is 1.64. The van der Waals surface area contributed by atoms with Crippen molar-refractivity contribution in [2.75, 3.05) is 7.11 Å². The van der Waals surface area contributed by atoms with Gasteiger partial charge in [0.2, 0.25) is 0 Å². The van der Waals surface area contributed by atoms with Crippen molar-refractivity contribution in [3.8, 4) is 11.5 Å². The van der Waals surface area contributed by atoms with E-state index >= 15 is 0 Å². The van der Waals surface area contributed by atoms with E-state index in [2.05, 4.69) is 19.2 Å². The molecule has 0 fully saturated rings. The molecule has 4 nitrogen and oxygen atoms in total. The maximum Gasteiger partial charge on any atom is 0.261 e. The maximum atomic E-state index is 12.9. The molecule has 0 aliphatic heterocycles. The van der Waals surface area contributed by atoms with Gasteiger partial charge >= 0.3 is 0 Å². The molecule has 1 N–H and O–H groups in total. The van der Waals surface area contributed by atoms with Crippen molar-refractivity contribution < 1.29 is 14.3 Å². The molecule has 0 aromatic heterocycles. The highest BCUT2D eigenvalue weighted by atomic mass is 35.5. The van der Waals surface area contributed by atoms with Gasteiger partial charge < -0.3 is 14.8 Å². The number of halogens is 1. The van der Waals surface area contributed by atoms with E-state index in [0.29, 0.717) is 23.1 Å². The van der Waals surface area contributed by atoms with Gasteiger partial charge in [-0.1, -0.05) is 56.6 Å². The van der Waals surface area contributed by atoms with Gasteiger partial charge in [-0.05, 0) is 48.6 Å². The lowest BCUT2D eigenvalue weighted by Gasteiger charge is -2.25. The standard InChI is InChI=1S/C22H28ClNO3/c1-5-20(27-21-9-7-6-8-18(21)23)22(25)24-19(14-15(2)3)16-10-12-17(26-4)13-11-16/h6-13,15,19-20H,5,14H2,1-4H3,(H,24,25)/t19-,20+/m1/s1. The molecule has 0 radical (unpaired) electrons. The van der Waals surface area contributed by atoms with Crippen LogP contribution < -0.4 is 14.8 Å². The van der Waals surface area contributed by atoms with Crippen LogP contribution in [0.15, 0.2) is 48.5 Å².